The van der Waals surface area contributed by atoms with Gasteiger partial charge in [0.15, 0.2) is 0 Å². The lowest BCUT2D eigenvalue weighted by atomic mass is 10.2. The average Bonchev–Trinajstić information content (AvgIpc) is 2.93. The summed E-state index contributed by atoms with van der Waals surface area (Å²) in [6.07, 6.45) is 3.22. The molecule has 4 heteroatoms. The Hall–Kier alpha value is -1.13. The Kier molecular flexibility index (Phi) is 4.55. The van der Waals surface area contributed by atoms with Gasteiger partial charge in [0.25, 0.3) is 0 Å². The van der Waals surface area contributed by atoms with Crippen molar-refractivity contribution in [2.45, 2.75) is 46.3 Å². The Bertz CT molecular complexity index is 471. The minimum atomic E-state index is 0.513. The molecule has 0 fully saturated rings. The molecule has 0 aliphatic rings. The molecule has 0 saturated carbocycles. The van der Waals surface area contributed by atoms with E-state index in [9.17, 15) is 0 Å². The van der Waals surface area contributed by atoms with E-state index in [1.165, 1.54) is 11.1 Å². The van der Waals surface area contributed by atoms with Crippen molar-refractivity contribution in [2.75, 3.05) is 0 Å². The van der Waals surface area contributed by atoms with E-state index in [0.717, 1.165) is 25.2 Å². The zero-order chi connectivity index (χ0) is 13.0. The lowest BCUT2D eigenvalue weighted by Gasteiger charge is -2.06. The third-order valence-corrected chi connectivity index (χ3v) is 3.69. The van der Waals surface area contributed by atoms with Crippen LogP contribution in [0.15, 0.2) is 23.0 Å². The number of hydrogen-bond donors (Lipinski definition) is 1. The summed E-state index contributed by atoms with van der Waals surface area (Å²) in [5.41, 5.74) is 3.83. The van der Waals surface area contributed by atoms with Crippen LogP contribution in [0.5, 0.6) is 0 Å². The molecule has 3 nitrogen and oxygen atoms in total. The van der Waals surface area contributed by atoms with Gasteiger partial charge in [-0.2, -0.15) is 16.4 Å². The van der Waals surface area contributed by atoms with Gasteiger partial charge < -0.3 is 5.32 Å². The summed E-state index contributed by atoms with van der Waals surface area (Å²) < 4.78 is 2.06. The second kappa shape index (κ2) is 6.16. The molecule has 0 spiro atoms. The van der Waals surface area contributed by atoms with Crippen molar-refractivity contribution >= 4 is 11.3 Å². The standard InChI is InChI=1S/C14H21N3S/c1-11(2)15-8-14-9-17(16-12(14)3)6-4-13-5-7-18-10-13/h5,7,9-11,15H,4,6,8H2,1-3H3. The Morgan fingerprint density at radius 3 is 2.94 bits per heavy atom. The van der Waals surface area contributed by atoms with Crippen molar-refractivity contribution < 1.29 is 0 Å². The van der Waals surface area contributed by atoms with Gasteiger partial charge in [-0.25, -0.2) is 0 Å². The van der Waals surface area contributed by atoms with Crippen molar-refractivity contribution in [3.63, 3.8) is 0 Å². The van der Waals surface area contributed by atoms with Crippen molar-refractivity contribution in [3.8, 4) is 0 Å². The zero-order valence-corrected chi connectivity index (χ0v) is 12.1. The second-order valence-corrected chi connectivity index (χ2v) is 5.70. The van der Waals surface area contributed by atoms with Crippen molar-refractivity contribution in [3.05, 3.63) is 39.8 Å². The van der Waals surface area contributed by atoms with E-state index in [1.807, 2.05) is 0 Å². The number of nitrogens with zero attached hydrogens (tertiary/aromatic N) is 2. The summed E-state index contributed by atoms with van der Waals surface area (Å²) in [6.45, 7) is 8.27. The topological polar surface area (TPSA) is 29.9 Å². The van der Waals surface area contributed by atoms with E-state index < -0.39 is 0 Å². The van der Waals surface area contributed by atoms with Crippen LogP contribution in [0.2, 0.25) is 0 Å². The summed E-state index contributed by atoms with van der Waals surface area (Å²) in [5, 5.41) is 12.3. The summed E-state index contributed by atoms with van der Waals surface area (Å²) in [6, 6.07) is 2.70. The molecule has 0 aliphatic carbocycles. The molecule has 0 atom stereocenters. The van der Waals surface area contributed by atoms with Gasteiger partial charge in [0, 0.05) is 30.9 Å². The number of aromatic nitrogens is 2. The number of hydrogen-bond acceptors (Lipinski definition) is 3. The largest absolute Gasteiger partial charge is 0.310 e. The molecule has 0 aliphatic heterocycles. The maximum atomic E-state index is 4.57. The van der Waals surface area contributed by atoms with Crippen LogP contribution in [0.25, 0.3) is 0 Å². The number of rotatable bonds is 6. The molecular weight excluding hydrogens is 242 g/mol. The van der Waals surface area contributed by atoms with Gasteiger partial charge in [0.2, 0.25) is 0 Å². The molecule has 2 rings (SSSR count). The first-order valence-corrected chi connectivity index (χ1v) is 7.37. The van der Waals surface area contributed by atoms with Gasteiger partial charge in [0.1, 0.15) is 0 Å². The van der Waals surface area contributed by atoms with Gasteiger partial charge in [0.05, 0.1) is 5.69 Å². The molecule has 98 valence electrons. The van der Waals surface area contributed by atoms with Crippen LogP contribution in [0.3, 0.4) is 0 Å². The van der Waals surface area contributed by atoms with Crippen molar-refractivity contribution in [2.24, 2.45) is 0 Å². The van der Waals surface area contributed by atoms with Gasteiger partial charge in [-0.3, -0.25) is 4.68 Å². The normalized spacial score (nSPS) is 11.3. The molecule has 0 saturated heterocycles. The molecule has 2 aromatic heterocycles. The molecule has 0 aromatic carbocycles. The van der Waals surface area contributed by atoms with Crippen molar-refractivity contribution in [1.29, 1.82) is 0 Å². The van der Waals surface area contributed by atoms with Gasteiger partial charge in [-0.05, 0) is 35.7 Å². The van der Waals surface area contributed by atoms with Gasteiger partial charge >= 0.3 is 0 Å². The highest BCUT2D eigenvalue weighted by Crippen LogP contribution is 2.10. The quantitative estimate of drug-likeness (QED) is 0.868. The third-order valence-electron chi connectivity index (χ3n) is 2.96. The van der Waals surface area contributed by atoms with Crippen LogP contribution in [-0.2, 0) is 19.5 Å². The maximum Gasteiger partial charge on any atom is 0.0638 e. The predicted molar refractivity (Wildman–Crippen MR) is 77.0 cm³/mol. The first-order chi connectivity index (χ1) is 8.65. The summed E-state index contributed by atoms with van der Waals surface area (Å²) in [5.74, 6) is 0. The fraction of sp³-hybridized carbons (Fsp3) is 0.500. The SMILES string of the molecule is Cc1nn(CCc2ccsc2)cc1CNC(C)C. The van der Waals surface area contributed by atoms with Gasteiger partial charge in [-0.15, -0.1) is 0 Å². The molecule has 1 N–H and O–H groups in total. The first-order valence-electron chi connectivity index (χ1n) is 6.42. The molecular formula is C14H21N3S. The van der Waals surface area contributed by atoms with Crippen LogP contribution < -0.4 is 5.32 Å². The van der Waals surface area contributed by atoms with Gasteiger partial charge in [-0.1, -0.05) is 13.8 Å². The van der Waals surface area contributed by atoms with Crippen LogP contribution in [0.4, 0.5) is 0 Å². The number of nitrogens with one attached hydrogen (secondary N) is 1. The lowest BCUT2D eigenvalue weighted by Crippen LogP contribution is -2.21. The monoisotopic (exact) mass is 263 g/mol. The molecule has 0 amide bonds. The third kappa shape index (κ3) is 3.68. The summed E-state index contributed by atoms with van der Waals surface area (Å²) >= 11 is 1.75. The van der Waals surface area contributed by atoms with Crippen LogP contribution in [-0.4, -0.2) is 15.8 Å². The number of aryl methyl sites for hydroxylation is 3. The van der Waals surface area contributed by atoms with E-state index >= 15 is 0 Å². The smallest absolute Gasteiger partial charge is 0.0638 e. The Balaban J connectivity index is 1.91. The average molecular weight is 263 g/mol. The highest BCUT2D eigenvalue weighted by molar-refractivity contribution is 7.07. The highest BCUT2D eigenvalue weighted by atomic mass is 32.1. The summed E-state index contributed by atoms with van der Waals surface area (Å²) in [4.78, 5) is 0. The number of thiophene rings is 1. The van der Waals surface area contributed by atoms with E-state index in [-0.39, 0.29) is 0 Å². The van der Waals surface area contributed by atoms with E-state index in [0.29, 0.717) is 6.04 Å². The lowest BCUT2D eigenvalue weighted by molar-refractivity contribution is 0.585. The minimum Gasteiger partial charge on any atom is -0.310 e. The Morgan fingerprint density at radius 2 is 2.28 bits per heavy atom. The zero-order valence-electron chi connectivity index (χ0n) is 11.3. The minimum absolute atomic E-state index is 0.513. The molecule has 18 heavy (non-hydrogen) atoms. The first kappa shape index (κ1) is 13.3. The molecule has 0 unspecified atom stereocenters. The van der Waals surface area contributed by atoms with Crippen molar-refractivity contribution in [1.82, 2.24) is 15.1 Å². The molecule has 0 bridgehead atoms. The molecule has 0 radical (unpaired) electrons. The van der Waals surface area contributed by atoms with E-state index in [1.54, 1.807) is 11.3 Å². The highest BCUT2D eigenvalue weighted by Gasteiger charge is 2.05. The Morgan fingerprint density at radius 1 is 1.44 bits per heavy atom. The second-order valence-electron chi connectivity index (χ2n) is 4.92. The van der Waals surface area contributed by atoms with Crippen LogP contribution >= 0.6 is 11.3 Å². The maximum absolute atomic E-state index is 4.57. The Labute approximate surface area is 113 Å². The predicted octanol–water partition coefficient (Wildman–Crippen LogP) is 2.99. The fourth-order valence-electron chi connectivity index (χ4n) is 1.84. The van der Waals surface area contributed by atoms with E-state index in [2.05, 4.69) is 58.9 Å². The summed E-state index contributed by atoms with van der Waals surface area (Å²) in [7, 11) is 0. The van der Waals surface area contributed by atoms with Crippen LogP contribution in [0.1, 0.15) is 30.7 Å². The molecule has 2 aromatic rings. The molecule has 2 heterocycles. The van der Waals surface area contributed by atoms with Crippen LogP contribution in [0, 0.1) is 6.92 Å². The fourth-order valence-corrected chi connectivity index (χ4v) is 2.54. The van der Waals surface area contributed by atoms with E-state index in [4.69, 9.17) is 0 Å².